The van der Waals surface area contributed by atoms with E-state index in [0.29, 0.717) is 12.1 Å². The molecule has 1 spiro atoms. The van der Waals surface area contributed by atoms with Gasteiger partial charge in [0.2, 0.25) is 0 Å². The molecule has 0 radical (unpaired) electrons. The molecule has 3 nitrogen and oxygen atoms in total. The van der Waals surface area contributed by atoms with Crippen molar-refractivity contribution in [2.75, 3.05) is 19.8 Å². The average Bonchev–Trinajstić information content (AvgIpc) is 2.64. The molecule has 0 aliphatic carbocycles. The summed E-state index contributed by atoms with van der Waals surface area (Å²) in [6, 6.07) is 1.22. The van der Waals surface area contributed by atoms with E-state index >= 15 is 0 Å². The molecule has 0 aromatic heterocycles. The maximum atomic E-state index is 5.95. The van der Waals surface area contributed by atoms with Crippen LogP contribution in [0.2, 0.25) is 0 Å². The van der Waals surface area contributed by atoms with Crippen molar-refractivity contribution in [3.63, 3.8) is 0 Å². The molecule has 0 saturated carbocycles. The van der Waals surface area contributed by atoms with Crippen molar-refractivity contribution in [1.82, 2.24) is 5.32 Å². The lowest BCUT2D eigenvalue weighted by molar-refractivity contribution is -0.0903. The molecular weight excluding hydrogens is 214 g/mol. The lowest BCUT2D eigenvalue weighted by Crippen LogP contribution is -2.49. The van der Waals surface area contributed by atoms with Gasteiger partial charge in [0.15, 0.2) is 0 Å². The predicted octanol–water partition coefficient (Wildman–Crippen LogP) is 2.35. The van der Waals surface area contributed by atoms with E-state index in [9.17, 15) is 0 Å². The van der Waals surface area contributed by atoms with Crippen LogP contribution in [0.1, 0.15) is 46.5 Å². The van der Waals surface area contributed by atoms with Crippen LogP contribution in [-0.2, 0) is 9.47 Å². The largest absolute Gasteiger partial charge is 0.378 e. The standard InChI is InChI=1S/C14H27NO2/c1-11(2)8-12(3)15-13-4-6-17-14(9-13)5-7-16-10-14/h11-13,15H,4-10H2,1-3H3. The maximum Gasteiger partial charge on any atom is 0.0951 e. The summed E-state index contributed by atoms with van der Waals surface area (Å²) in [5.41, 5.74) is 0.0352. The Morgan fingerprint density at radius 3 is 2.76 bits per heavy atom. The summed E-state index contributed by atoms with van der Waals surface area (Å²) >= 11 is 0. The molecule has 0 bridgehead atoms. The van der Waals surface area contributed by atoms with Gasteiger partial charge in [-0.05, 0) is 32.1 Å². The van der Waals surface area contributed by atoms with E-state index in [4.69, 9.17) is 9.47 Å². The SMILES string of the molecule is CC(C)CC(C)NC1CCOC2(CCOC2)C1. The molecule has 2 aliphatic rings. The molecule has 3 unspecified atom stereocenters. The molecule has 2 fully saturated rings. The number of hydrogen-bond donors (Lipinski definition) is 1. The normalized spacial score (nSPS) is 35.6. The highest BCUT2D eigenvalue weighted by atomic mass is 16.6. The lowest BCUT2D eigenvalue weighted by Gasteiger charge is -2.38. The molecule has 17 heavy (non-hydrogen) atoms. The van der Waals surface area contributed by atoms with E-state index in [1.165, 1.54) is 6.42 Å². The second-order valence-electron chi connectivity index (χ2n) is 6.22. The van der Waals surface area contributed by atoms with Crippen molar-refractivity contribution in [2.45, 2.75) is 64.1 Å². The predicted molar refractivity (Wildman–Crippen MR) is 69.2 cm³/mol. The van der Waals surface area contributed by atoms with E-state index in [-0.39, 0.29) is 5.60 Å². The third-order valence-corrected chi connectivity index (χ3v) is 3.91. The van der Waals surface area contributed by atoms with Gasteiger partial charge in [-0.25, -0.2) is 0 Å². The van der Waals surface area contributed by atoms with Crippen molar-refractivity contribution in [1.29, 1.82) is 0 Å². The van der Waals surface area contributed by atoms with Crippen LogP contribution < -0.4 is 5.32 Å². The molecule has 2 aliphatic heterocycles. The topological polar surface area (TPSA) is 30.5 Å². The quantitative estimate of drug-likeness (QED) is 0.819. The van der Waals surface area contributed by atoms with Gasteiger partial charge in [0, 0.05) is 31.7 Å². The van der Waals surface area contributed by atoms with E-state index in [0.717, 1.165) is 45.0 Å². The summed E-state index contributed by atoms with van der Waals surface area (Å²) in [6.07, 6.45) is 4.59. The van der Waals surface area contributed by atoms with Crippen LogP contribution in [0.5, 0.6) is 0 Å². The molecule has 0 amide bonds. The second-order valence-corrected chi connectivity index (χ2v) is 6.22. The van der Waals surface area contributed by atoms with Gasteiger partial charge in [0.05, 0.1) is 12.2 Å². The van der Waals surface area contributed by atoms with E-state index in [2.05, 4.69) is 26.1 Å². The van der Waals surface area contributed by atoms with Crippen LogP contribution in [0.25, 0.3) is 0 Å². The van der Waals surface area contributed by atoms with Crippen LogP contribution in [0, 0.1) is 5.92 Å². The molecule has 2 heterocycles. The number of hydrogen-bond acceptors (Lipinski definition) is 3. The molecule has 2 saturated heterocycles. The van der Waals surface area contributed by atoms with E-state index in [1.54, 1.807) is 0 Å². The smallest absolute Gasteiger partial charge is 0.0951 e. The summed E-state index contributed by atoms with van der Waals surface area (Å²) in [5, 5.41) is 3.77. The lowest BCUT2D eigenvalue weighted by atomic mass is 9.89. The van der Waals surface area contributed by atoms with Crippen LogP contribution >= 0.6 is 0 Å². The minimum atomic E-state index is 0.0352. The number of ether oxygens (including phenoxy) is 2. The Kier molecular flexibility index (Phi) is 4.45. The third kappa shape index (κ3) is 3.67. The summed E-state index contributed by atoms with van der Waals surface area (Å²) < 4.78 is 11.5. The van der Waals surface area contributed by atoms with Gasteiger partial charge >= 0.3 is 0 Å². The van der Waals surface area contributed by atoms with Crippen LogP contribution in [0.3, 0.4) is 0 Å². The molecule has 2 rings (SSSR count). The first-order chi connectivity index (χ1) is 8.10. The van der Waals surface area contributed by atoms with Gasteiger partial charge in [-0.2, -0.15) is 0 Å². The summed E-state index contributed by atoms with van der Waals surface area (Å²) in [5.74, 6) is 0.765. The molecule has 1 N–H and O–H groups in total. The Morgan fingerprint density at radius 1 is 1.29 bits per heavy atom. The summed E-state index contributed by atoms with van der Waals surface area (Å²) in [4.78, 5) is 0. The zero-order valence-corrected chi connectivity index (χ0v) is 11.5. The van der Waals surface area contributed by atoms with Gasteiger partial charge < -0.3 is 14.8 Å². The first kappa shape index (κ1) is 13.3. The zero-order chi connectivity index (χ0) is 12.3. The van der Waals surface area contributed by atoms with Crippen molar-refractivity contribution < 1.29 is 9.47 Å². The Balaban J connectivity index is 1.81. The zero-order valence-electron chi connectivity index (χ0n) is 11.5. The Hall–Kier alpha value is -0.120. The van der Waals surface area contributed by atoms with Crippen LogP contribution in [0.15, 0.2) is 0 Å². The second kappa shape index (κ2) is 5.68. The first-order valence-electron chi connectivity index (χ1n) is 7.07. The third-order valence-electron chi connectivity index (χ3n) is 3.91. The van der Waals surface area contributed by atoms with Crippen molar-refractivity contribution in [2.24, 2.45) is 5.92 Å². The van der Waals surface area contributed by atoms with Gasteiger partial charge in [-0.3, -0.25) is 0 Å². The van der Waals surface area contributed by atoms with E-state index in [1.807, 2.05) is 0 Å². The maximum absolute atomic E-state index is 5.95. The minimum absolute atomic E-state index is 0.0352. The Labute approximate surface area is 105 Å². The van der Waals surface area contributed by atoms with E-state index < -0.39 is 0 Å². The number of rotatable bonds is 4. The fourth-order valence-electron chi connectivity index (χ4n) is 3.21. The minimum Gasteiger partial charge on any atom is -0.378 e. The van der Waals surface area contributed by atoms with Crippen LogP contribution in [0.4, 0.5) is 0 Å². The molecule has 3 atom stereocenters. The number of nitrogens with one attached hydrogen (secondary N) is 1. The van der Waals surface area contributed by atoms with Gasteiger partial charge in [0.1, 0.15) is 0 Å². The average molecular weight is 241 g/mol. The van der Waals surface area contributed by atoms with Gasteiger partial charge in [0.25, 0.3) is 0 Å². The van der Waals surface area contributed by atoms with Crippen molar-refractivity contribution >= 4 is 0 Å². The van der Waals surface area contributed by atoms with Gasteiger partial charge in [-0.1, -0.05) is 13.8 Å². The van der Waals surface area contributed by atoms with Gasteiger partial charge in [-0.15, -0.1) is 0 Å². The molecule has 100 valence electrons. The highest BCUT2D eigenvalue weighted by Gasteiger charge is 2.41. The Bertz CT molecular complexity index is 236. The highest BCUT2D eigenvalue weighted by molar-refractivity contribution is 4.93. The molecule has 0 aromatic carbocycles. The fourth-order valence-corrected chi connectivity index (χ4v) is 3.21. The summed E-state index contributed by atoms with van der Waals surface area (Å²) in [7, 11) is 0. The van der Waals surface area contributed by atoms with Crippen LogP contribution in [-0.4, -0.2) is 37.5 Å². The first-order valence-corrected chi connectivity index (χ1v) is 7.07. The molecular formula is C14H27NO2. The van der Waals surface area contributed by atoms with Crippen molar-refractivity contribution in [3.05, 3.63) is 0 Å². The summed E-state index contributed by atoms with van der Waals surface area (Å²) in [6.45, 7) is 9.42. The van der Waals surface area contributed by atoms with Crippen molar-refractivity contribution in [3.8, 4) is 0 Å². The fraction of sp³-hybridized carbons (Fsp3) is 1.00. The monoisotopic (exact) mass is 241 g/mol. The highest BCUT2D eigenvalue weighted by Crippen LogP contribution is 2.33. The molecule has 0 aromatic rings. The Morgan fingerprint density at radius 2 is 2.12 bits per heavy atom. The molecule has 3 heteroatoms.